The molecule has 1 aromatic heterocycles. The van der Waals surface area contributed by atoms with E-state index in [1.165, 1.54) is 0 Å². The van der Waals surface area contributed by atoms with Gasteiger partial charge in [0.15, 0.2) is 0 Å². The maximum Gasteiger partial charge on any atom is 0.222 e. The zero-order valence-electron chi connectivity index (χ0n) is 11.2. The largest absolute Gasteiger partial charge is 0.394 e. The Kier molecular flexibility index (Phi) is 4.86. The van der Waals surface area contributed by atoms with Gasteiger partial charge in [-0.2, -0.15) is 0 Å². The zero-order chi connectivity index (χ0) is 13.7. The fraction of sp³-hybridized carbons (Fsp3) is 0.750. The van der Waals surface area contributed by atoms with E-state index >= 15 is 0 Å². The SMILES string of the molecule is CC(CN1CCCC1=O)NCc1cn(CCO)nn1. The van der Waals surface area contributed by atoms with E-state index in [0.717, 1.165) is 25.2 Å². The van der Waals surface area contributed by atoms with E-state index in [1.807, 2.05) is 11.1 Å². The molecule has 0 spiro atoms. The number of carbonyl (C=O) groups excluding carboxylic acids is 1. The van der Waals surface area contributed by atoms with Crippen LogP contribution in [-0.2, 0) is 17.9 Å². The van der Waals surface area contributed by atoms with E-state index in [4.69, 9.17) is 5.11 Å². The number of carbonyl (C=O) groups is 1. The predicted molar refractivity (Wildman–Crippen MR) is 69.2 cm³/mol. The second-order valence-electron chi connectivity index (χ2n) is 4.92. The Morgan fingerprint density at radius 2 is 2.42 bits per heavy atom. The Bertz CT molecular complexity index is 420. The first-order chi connectivity index (χ1) is 9.19. The van der Waals surface area contributed by atoms with Crippen molar-refractivity contribution in [3.63, 3.8) is 0 Å². The molecule has 106 valence electrons. The Hall–Kier alpha value is -1.47. The van der Waals surface area contributed by atoms with Crippen LogP contribution in [0.5, 0.6) is 0 Å². The molecule has 1 amide bonds. The number of aliphatic hydroxyl groups is 1. The van der Waals surface area contributed by atoms with Crippen molar-refractivity contribution >= 4 is 5.91 Å². The molecule has 0 radical (unpaired) electrons. The van der Waals surface area contributed by atoms with Crippen molar-refractivity contribution in [2.75, 3.05) is 19.7 Å². The summed E-state index contributed by atoms with van der Waals surface area (Å²) >= 11 is 0. The number of hydrogen-bond donors (Lipinski definition) is 2. The minimum atomic E-state index is 0.0592. The summed E-state index contributed by atoms with van der Waals surface area (Å²) in [7, 11) is 0. The average molecular weight is 267 g/mol. The van der Waals surface area contributed by atoms with Gasteiger partial charge in [0.2, 0.25) is 5.91 Å². The molecule has 1 fully saturated rings. The first kappa shape index (κ1) is 14.0. The molecule has 1 unspecified atom stereocenters. The molecule has 0 aliphatic carbocycles. The minimum Gasteiger partial charge on any atom is -0.394 e. The molecule has 0 saturated carbocycles. The van der Waals surface area contributed by atoms with Crippen LogP contribution in [0.15, 0.2) is 6.20 Å². The molecule has 1 atom stereocenters. The summed E-state index contributed by atoms with van der Waals surface area (Å²) in [5.41, 5.74) is 0.841. The van der Waals surface area contributed by atoms with Gasteiger partial charge in [-0.1, -0.05) is 5.21 Å². The molecule has 0 bridgehead atoms. The second-order valence-corrected chi connectivity index (χ2v) is 4.92. The average Bonchev–Trinajstić information content (AvgIpc) is 2.98. The molecule has 1 saturated heterocycles. The smallest absolute Gasteiger partial charge is 0.222 e. The predicted octanol–water partition coefficient (Wildman–Crippen LogP) is -0.629. The van der Waals surface area contributed by atoms with E-state index < -0.39 is 0 Å². The van der Waals surface area contributed by atoms with Crippen molar-refractivity contribution in [1.82, 2.24) is 25.2 Å². The van der Waals surface area contributed by atoms with Crippen LogP contribution < -0.4 is 5.32 Å². The fourth-order valence-corrected chi connectivity index (χ4v) is 2.20. The normalized spacial score (nSPS) is 17.2. The maximum absolute atomic E-state index is 11.5. The Balaban J connectivity index is 1.73. The van der Waals surface area contributed by atoms with E-state index in [0.29, 0.717) is 19.5 Å². The van der Waals surface area contributed by atoms with Crippen LogP contribution in [0, 0.1) is 0 Å². The van der Waals surface area contributed by atoms with Gasteiger partial charge in [-0.25, -0.2) is 4.68 Å². The first-order valence-corrected chi connectivity index (χ1v) is 6.70. The lowest BCUT2D eigenvalue weighted by molar-refractivity contribution is -0.127. The van der Waals surface area contributed by atoms with Gasteiger partial charge in [-0.05, 0) is 13.3 Å². The van der Waals surface area contributed by atoms with Crippen LogP contribution in [0.1, 0.15) is 25.5 Å². The summed E-state index contributed by atoms with van der Waals surface area (Å²) in [6.45, 7) is 4.81. The molecule has 2 rings (SSSR count). The Labute approximate surface area is 112 Å². The van der Waals surface area contributed by atoms with Gasteiger partial charge in [0, 0.05) is 38.3 Å². The lowest BCUT2D eigenvalue weighted by Gasteiger charge is -2.21. The molecule has 19 heavy (non-hydrogen) atoms. The zero-order valence-corrected chi connectivity index (χ0v) is 11.2. The number of likely N-dealkylation sites (tertiary alicyclic amines) is 1. The monoisotopic (exact) mass is 267 g/mol. The summed E-state index contributed by atoms with van der Waals surface area (Å²) in [6.07, 6.45) is 3.47. The number of aromatic nitrogens is 3. The van der Waals surface area contributed by atoms with Crippen molar-refractivity contribution in [3.05, 3.63) is 11.9 Å². The van der Waals surface area contributed by atoms with E-state index in [-0.39, 0.29) is 18.6 Å². The van der Waals surface area contributed by atoms with Gasteiger partial charge in [0.25, 0.3) is 0 Å². The van der Waals surface area contributed by atoms with E-state index in [2.05, 4.69) is 22.6 Å². The van der Waals surface area contributed by atoms with Crippen LogP contribution in [0.25, 0.3) is 0 Å². The van der Waals surface area contributed by atoms with E-state index in [1.54, 1.807) is 4.68 Å². The van der Waals surface area contributed by atoms with E-state index in [9.17, 15) is 4.79 Å². The summed E-state index contributed by atoms with van der Waals surface area (Å²) < 4.78 is 1.62. The third-order valence-corrected chi connectivity index (χ3v) is 3.21. The van der Waals surface area contributed by atoms with Crippen molar-refractivity contribution in [2.45, 2.75) is 38.9 Å². The molecule has 0 aromatic carbocycles. The number of rotatable bonds is 7. The van der Waals surface area contributed by atoms with Crippen LogP contribution in [-0.4, -0.2) is 56.6 Å². The number of amides is 1. The molecule has 7 nitrogen and oxygen atoms in total. The first-order valence-electron chi connectivity index (χ1n) is 6.70. The van der Waals surface area contributed by atoms with Gasteiger partial charge >= 0.3 is 0 Å². The fourth-order valence-electron chi connectivity index (χ4n) is 2.20. The van der Waals surface area contributed by atoms with Crippen molar-refractivity contribution in [1.29, 1.82) is 0 Å². The van der Waals surface area contributed by atoms with Gasteiger partial charge in [-0.15, -0.1) is 5.10 Å². The second kappa shape index (κ2) is 6.63. The van der Waals surface area contributed by atoms with Gasteiger partial charge in [-0.3, -0.25) is 4.79 Å². The highest BCUT2D eigenvalue weighted by molar-refractivity contribution is 5.78. The van der Waals surface area contributed by atoms with Gasteiger partial charge in [0.1, 0.15) is 0 Å². The minimum absolute atomic E-state index is 0.0592. The highest BCUT2D eigenvalue weighted by Gasteiger charge is 2.21. The van der Waals surface area contributed by atoms with Crippen LogP contribution in [0.3, 0.4) is 0 Å². The standard InChI is InChI=1S/C12H21N5O2/c1-10(8-16-4-2-3-12(16)19)13-7-11-9-17(5-6-18)15-14-11/h9-10,13,18H,2-8H2,1H3. The molecular weight excluding hydrogens is 246 g/mol. The third-order valence-electron chi connectivity index (χ3n) is 3.21. The molecule has 1 aliphatic heterocycles. The van der Waals surface area contributed by atoms with Gasteiger partial charge in [0.05, 0.1) is 18.8 Å². The highest BCUT2D eigenvalue weighted by atomic mass is 16.3. The Morgan fingerprint density at radius 1 is 1.58 bits per heavy atom. The molecule has 1 aliphatic rings. The molecule has 7 heteroatoms. The van der Waals surface area contributed by atoms with Crippen LogP contribution in [0.2, 0.25) is 0 Å². The number of hydrogen-bond acceptors (Lipinski definition) is 5. The maximum atomic E-state index is 11.5. The summed E-state index contributed by atoms with van der Waals surface area (Å²) in [4.78, 5) is 13.4. The van der Waals surface area contributed by atoms with Crippen LogP contribution in [0.4, 0.5) is 0 Å². The highest BCUT2D eigenvalue weighted by Crippen LogP contribution is 2.09. The van der Waals surface area contributed by atoms with Gasteiger partial charge < -0.3 is 15.3 Å². The lowest BCUT2D eigenvalue weighted by Crippen LogP contribution is -2.39. The van der Waals surface area contributed by atoms with Crippen molar-refractivity contribution in [3.8, 4) is 0 Å². The van der Waals surface area contributed by atoms with Crippen molar-refractivity contribution in [2.24, 2.45) is 0 Å². The molecule has 2 N–H and O–H groups in total. The molecule has 1 aromatic rings. The van der Waals surface area contributed by atoms with Crippen molar-refractivity contribution < 1.29 is 9.90 Å². The summed E-state index contributed by atoms with van der Waals surface area (Å²) in [5.74, 6) is 0.252. The molecule has 2 heterocycles. The summed E-state index contributed by atoms with van der Waals surface area (Å²) in [6, 6.07) is 0.227. The number of aliphatic hydroxyl groups excluding tert-OH is 1. The number of nitrogens with zero attached hydrogens (tertiary/aromatic N) is 4. The quantitative estimate of drug-likeness (QED) is 0.687. The topological polar surface area (TPSA) is 83.3 Å². The lowest BCUT2D eigenvalue weighted by atomic mass is 10.3. The summed E-state index contributed by atoms with van der Waals surface area (Å²) in [5, 5.41) is 20.0. The number of nitrogens with one attached hydrogen (secondary N) is 1. The Morgan fingerprint density at radius 3 is 3.11 bits per heavy atom. The molecular formula is C12H21N5O2. The van der Waals surface area contributed by atoms with Crippen LogP contribution >= 0.6 is 0 Å². The third kappa shape index (κ3) is 4.00.